The van der Waals surface area contributed by atoms with Crippen LogP contribution in [-0.4, -0.2) is 53.5 Å². The predicted molar refractivity (Wildman–Crippen MR) is 56.7 cm³/mol. The molecule has 0 spiro atoms. The molecule has 3 amide bonds. The van der Waals surface area contributed by atoms with Gasteiger partial charge in [0.1, 0.15) is 5.88 Å². The van der Waals surface area contributed by atoms with Gasteiger partial charge in [-0.15, -0.1) is 11.6 Å². The summed E-state index contributed by atoms with van der Waals surface area (Å²) in [6, 6.07) is 0. The van der Waals surface area contributed by atoms with Crippen LogP contribution in [0.25, 0.3) is 0 Å². The molecule has 0 aliphatic carbocycles. The highest BCUT2D eigenvalue weighted by atomic mass is 35.5. The lowest BCUT2D eigenvalue weighted by molar-refractivity contribution is -0.138. The zero-order chi connectivity index (χ0) is 11.9. The lowest BCUT2D eigenvalue weighted by Crippen LogP contribution is -2.45. The monoisotopic (exact) mass is 244 g/mol. The van der Waals surface area contributed by atoms with Crippen molar-refractivity contribution in [3.05, 3.63) is 0 Å². The van der Waals surface area contributed by atoms with Crippen LogP contribution >= 0.6 is 11.6 Å². The van der Waals surface area contributed by atoms with Gasteiger partial charge in [0.15, 0.2) is 0 Å². The Morgan fingerprint density at radius 1 is 1.38 bits per heavy atom. The summed E-state index contributed by atoms with van der Waals surface area (Å²) < 4.78 is 0. The molecule has 0 bridgehead atoms. The van der Waals surface area contributed by atoms with Gasteiger partial charge in [-0.2, -0.15) is 0 Å². The van der Waals surface area contributed by atoms with Gasteiger partial charge in [0.25, 0.3) is 0 Å². The quantitative estimate of drug-likeness (QED) is 0.470. The number of alkyl halides is 1. The lowest BCUT2D eigenvalue weighted by Gasteiger charge is -2.31. The molecule has 0 N–H and O–H groups in total. The van der Waals surface area contributed by atoms with E-state index in [0.29, 0.717) is 19.5 Å². The van der Waals surface area contributed by atoms with Gasteiger partial charge in [-0.05, 0) is 6.42 Å². The second kappa shape index (κ2) is 4.05. The largest absolute Gasteiger partial charge is 0.341 e. The van der Waals surface area contributed by atoms with Gasteiger partial charge >= 0.3 is 0 Å². The van der Waals surface area contributed by atoms with E-state index in [1.54, 1.807) is 4.90 Å². The van der Waals surface area contributed by atoms with Gasteiger partial charge in [-0.3, -0.25) is 19.3 Å². The van der Waals surface area contributed by atoms with Gasteiger partial charge in [0.05, 0.1) is 11.8 Å². The van der Waals surface area contributed by atoms with E-state index in [1.165, 1.54) is 11.9 Å². The van der Waals surface area contributed by atoms with Crippen LogP contribution in [0.15, 0.2) is 0 Å². The Balaban J connectivity index is 2.13. The van der Waals surface area contributed by atoms with Crippen LogP contribution in [0.4, 0.5) is 0 Å². The number of halogens is 1. The van der Waals surface area contributed by atoms with Crippen LogP contribution < -0.4 is 0 Å². The van der Waals surface area contributed by atoms with E-state index in [-0.39, 0.29) is 35.4 Å². The van der Waals surface area contributed by atoms with E-state index >= 15 is 0 Å². The molecular formula is C10H13ClN2O3. The van der Waals surface area contributed by atoms with Gasteiger partial charge in [-0.25, -0.2) is 0 Å². The molecular weight excluding hydrogens is 232 g/mol. The number of hydrogen-bond acceptors (Lipinski definition) is 3. The van der Waals surface area contributed by atoms with E-state index in [4.69, 9.17) is 11.6 Å². The third-order valence-corrected chi connectivity index (χ3v) is 3.60. The minimum Gasteiger partial charge on any atom is -0.341 e. The molecule has 2 aliphatic rings. The van der Waals surface area contributed by atoms with Crippen LogP contribution in [0.2, 0.25) is 0 Å². The first-order valence-corrected chi connectivity index (χ1v) is 5.75. The van der Waals surface area contributed by atoms with E-state index < -0.39 is 0 Å². The number of amides is 3. The highest BCUT2D eigenvalue weighted by molar-refractivity contribution is 6.27. The number of nitrogens with zero attached hydrogens (tertiary/aromatic N) is 2. The van der Waals surface area contributed by atoms with Crippen LogP contribution in [0.1, 0.15) is 6.42 Å². The summed E-state index contributed by atoms with van der Waals surface area (Å²) in [5.74, 6) is -1.14. The Morgan fingerprint density at radius 2 is 2.00 bits per heavy atom. The molecule has 0 aromatic heterocycles. The van der Waals surface area contributed by atoms with Gasteiger partial charge in [0, 0.05) is 20.1 Å². The molecule has 2 aliphatic heterocycles. The number of fused-ring (bicyclic) bond motifs is 1. The molecule has 0 saturated carbocycles. The molecule has 0 radical (unpaired) electrons. The van der Waals surface area contributed by atoms with Crippen molar-refractivity contribution in [1.29, 1.82) is 0 Å². The highest BCUT2D eigenvalue weighted by Gasteiger charge is 2.48. The summed E-state index contributed by atoms with van der Waals surface area (Å²) in [5.41, 5.74) is 0. The average Bonchev–Trinajstić information content (AvgIpc) is 2.53. The standard InChI is InChI=1S/C10H13ClN2O3/c1-12-9(15)6-2-3-13(8(14)4-11)5-7(6)10(12)16/h6-7H,2-5H2,1H3. The number of carbonyl (C=O) groups excluding carboxylic acids is 3. The van der Waals surface area contributed by atoms with Crippen LogP contribution in [0.3, 0.4) is 0 Å². The first-order valence-electron chi connectivity index (χ1n) is 5.21. The Morgan fingerprint density at radius 3 is 2.62 bits per heavy atom. The molecule has 6 heteroatoms. The molecule has 0 aromatic rings. The second-order valence-corrected chi connectivity index (χ2v) is 4.48. The smallest absolute Gasteiger partial charge is 0.237 e. The first kappa shape index (κ1) is 11.4. The fraction of sp³-hybridized carbons (Fsp3) is 0.700. The number of imide groups is 1. The SMILES string of the molecule is CN1C(=O)C2CCN(C(=O)CCl)CC2C1=O. The molecule has 2 atom stereocenters. The average molecular weight is 245 g/mol. The summed E-state index contributed by atoms with van der Waals surface area (Å²) in [6.07, 6.45) is 0.558. The maximum atomic E-state index is 11.7. The maximum absolute atomic E-state index is 11.7. The molecule has 2 saturated heterocycles. The number of likely N-dealkylation sites (tertiary alicyclic amines) is 2. The topological polar surface area (TPSA) is 57.7 Å². The molecule has 2 rings (SSSR count). The molecule has 88 valence electrons. The minimum absolute atomic E-state index is 0.0740. The summed E-state index contributed by atoms with van der Waals surface area (Å²) in [4.78, 5) is 37.6. The van der Waals surface area contributed by atoms with Crippen LogP contribution in [-0.2, 0) is 14.4 Å². The molecule has 2 fully saturated rings. The van der Waals surface area contributed by atoms with Crippen LogP contribution in [0, 0.1) is 11.8 Å². The van der Waals surface area contributed by atoms with Crippen LogP contribution in [0.5, 0.6) is 0 Å². The molecule has 2 heterocycles. The van der Waals surface area contributed by atoms with Gasteiger partial charge in [0.2, 0.25) is 17.7 Å². The third-order valence-electron chi connectivity index (χ3n) is 3.38. The number of carbonyl (C=O) groups is 3. The number of piperidine rings is 1. The molecule has 0 aromatic carbocycles. The van der Waals surface area contributed by atoms with E-state index in [9.17, 15) is 14.4 Å². The summed E-state index contributed by atoms with van der Waals surface area (Å²) in [5, 5.41) is 0. The fourth-order valence-electron chi connectivity index (χ4n) is 2.41. The van der Waals surface area contributed by atoms with Crippen molar-refractivity contribution >= 4 is 29.3 Å². The zero-order valence-corrected chi connectivity index (χ0v) is 9.74. The lowest BCUT2D eigenvalue weighted by atomic mass is 9.88. The van der Waals surface area contributed by atoms with Crippen molar-refractivity contribution in [3.63, 3.8) is 0 Å². The van der Waals surface area contributed by atoms with Crippen molar-refractivity contribution in [3.8, 4) is 0 Å². The van der Waals surface area contributed by atoms with E-state index in [1.807, 2.05) is 0 Å². The van der Waals surface area contributed by atoms with Crippen molar-refractivity contribution in [2.24, 2.45) is 11.8 Å². The predicted octanol–water partition coefficient (Wildman–Crippen LogP) is -0.312. The molecule has 16 heavy (non-hydrogen) atoms. The Kier molecular flexibility index (Phi) is 2.88. The van der Waals surface area contributed by atoms with Gasteiger partial charge in [-0.1, -0.05) is 0 Å². The number of rotatable bonds is 1. The zero-order valence-electron chi connectivity index (χ0n) is 8.98. The van der Waals surface area contributed by atoms with Crippen molar-refractivity contribution in [2.45, 2.75) is 6.42 Å². The Bertz CT molecular complexity index is 358. The maximum Gasteiger partial charge on any atom is 0.237 e. The second-order valence-electron chi connectivity index (χ2n) is 4.21. The minimum atomic E-state index is -0.363. The Labute approximate surface area is 98.3 Å². The molecule has 2 unspecified atom stereocenters. The van der Waals surface area contributed by atoms with Crippen molar-refractivity contribution in [2.75, 3.05) is 26.0 Å². The van der Waals surface area contributed by atoms with Crippen molar-refractivity contribution < 1.29 is 14.4 Å². The third kappa shape index (κ3) is 1.59. The van der Waals surface area contributed by atoms with E-state index in [0.717, 1.165) is 0 Å². The summed E-state index contributed by atoms with van der Waals surface area (Å²) in [7, 11) is 1.50. The summed E-state index contributed by atoms with van der Waals surface area (Å²) >= 11 is 5.47. The van der Waals surface area contributed by atoms with Gasteiger partial charge < -0.3 is 4.90 Å². The highest BCUT2D eigenvalue weighted by Crippen LogP contribution is 2.32. The summed E-state index contributed by atoms with van der Waals surface area (Å²) in [6.45, 7) is 0.838. The fourth-order valence-corrected chi connectivity index (χ4v) is 2.58. The Hall–Kier alpha value is -1.10. The van der Waals surface area contributed by atoms with Crippen molar-refractivity contribution in [1.82, 2.24) is 9.80 Å². The normalized spacial score (nSPS) is 29.6. The molecule has 5 nitrogen and oxygen atoms in total. The number of hydrogen-bond donors (Lipinski definition) is 0. The first-order chi connectivity index (χ1) is 7.56. The van der Waals surface area contributed by atoms with E-state index in [2.05, 4.69) is 0 Å².